The Hall–Kier alpha value is -1.40. The molecule has 0 radical (unpaired) electrons. The summed E-state index contributed by atoms with van der Waals surface area (Å²) in [5, 5.41) is 1.88. The summed E-state index contributed by atoms with van der Waals surface area (Å²) in [7, 11) is 1.70. The lowest BCUT2D eigenvalue weighted by molar-refractivity contribution is -0.132. The van der Waals surface area contributed by atoms with Crippen molar-refractivity contribution in [2.45, 2.75) is 32.7 Å². The van der Waals surface area contributed by atoms with Crippen LogP contribution in [0.15, 0.2) is 17.5 Å². The first kappa shape index (κ1) is 17.9. The third kappa shape index (κ3) is 4.54. The number of hydrogen-bond donors (Lipinski definition) is 0. The zero-order chi connectivity index (χ0) is 16.8. The van der Waals surface area contributed by atoms with Gasteiger partial charge in [-0.25, -0.2) is 0 Å². The molecule has 2 amide bonds. The summed E-state index contributed by atoms with van der Waals surface area (Å²) in [6.07, 6.45) is 2.36. The van der Waals surface area contributed by atoms with Gasteiger partial charge in [0.2, 0.25) is 5.91 Å². The van der Waals surface area contributed by atoms with E-state index in [-0.39, 0.29) is 18.4 Å². The number of rotatable bonds is 7. The first-order valence-electron chi connectivity index (χ1n) is 8.37. The number of amides is 2. The van der Waals surface area contributed by atoms with Crippen LogP contribution in [0.2, 0.25) is 0 Å². The van der Waals surface area contributed by atoms with Gasteiger partial charge >= 0.3 is 0 Å². The Bertz CT molecular complexity index is 518. The highest BCUT2D eigenvalue weighted by molar-refractivity contribution is 7.12. The van der Waals surface area contributed by atoms with Gasteiger partial charge in [0.15, 0.2) is 0 Å². The van der Waals surface area contributed by atoms with E-state index in [1.54, 1.807) is 13.1 Å². The van der Waals surface area contributed by atoms with Crippen molar-refractivity contribution in [3.05, 3.63) is 22.4 Å². The lowest BCUT2D eigenvalue weighted by atomic mass is 10.2. The number of nitrogens with zero attached hydrogens (tertiary/aromatic N) is 3. The van der Waals surface area contributed by atoms with Crippen LogP contribution in [0.4, 0.5) is 0 Å². The van der Waals surface area contributed by atoms with Crippen molar-refractivity contribution in [2.24, 2.45) is 0 Å². The van der Waals surface area contributed by atoms with Gasteiger partial charge < -0.3 is 9.80 Å². The van der Waals surface area contributed by atoms with E-state index in [2.05, 4.69) is 11.8 Å². The van der Waals surface area contributed by atoms with Crippen LogP contribution in [0.5, 0.6) is 0 Å². The van der Waals surface area contributed by atoms with Gasteiger partial charge in [-0.1, -0.05) is 13.0 Å². The molecule has 0 N–H and O–H groups in total. The molecule has 1 aliphatic heterocycles. The normalized spacial score (nSPS) is 18.1. The Morgan fingerprint density at radius 3 is 2.78 bits per heavy atom. The summed E-state index contributed by atoms with van der Waals surface area (Å²) in [5.74, 6) is -0.0525. The number of thiophene rings is 1. The summed E-state index contributed by atoms with van der Waals surface area (Å²) < 4.78 is 0. The summed E-state index contributed by atoms with van der Waals surface area (Å²) >= 11 is 1.41. The van der Waals surface area contributed by atoms with Crippen molar-refractivity contribution >= 4 is 23.2 Å². The Morgan fingerprint density at radius 2 is 2.17 bits per heavy atom. The average molecular weight is 337 g/mol. The van der Waals surface area contributed by atoms with Crippen LogP contribution >= 0.6 is 11.3 Å². The molecule has 128 valence electrons. The van der Waals surface area contributed by atoms with Crippen LogP contribution in [0.3, 0.4) is 0 Å². The van der Waals surface area contributed by atoms with Gasteiger partial charge in [0.25, 0.3) is 5.91 Å². The fourth-order valence-corrected chi connectivity index (χ4v) is 3.86. The van der Waals surface area contributed by atoms with Crippen molar-refractivity contribution in [1.82, 2.24) is 14.7 Å². The number of hydrogen-bond acceptors (Lipinski definition) is 4. The molecule has 1 atom stereocenters. The summed E-state index contributed by atoms with van der Waals surface area (Å²) in [5.41, 5.74) is 0. The second-order valence-electron chi connectivity index (χ2n) is 6.00. The fraction of sp³-hybridized carbons (Fsp3) is 0.647. The molecule has 0 aromatic carbocycles. The minimum Gasteiger partial charge on any atom is -0.340 e. The van der Waals surface area contributed by atoms with E-state index in [0.29, 0.717) is 17.5 Å². The van der Waals surface area contributed by atoms with Gasteiger partial charge in [0.1, 0.15) is 0 Å². The van der Waals surface area contributed by atoms with Gasteiger partial charge in [-0.05, 0) is 44.3 Å². The maximum Gasteiger partial charge on any atom is 0.264 e. The van der Waals surface area contributed by atoms with E-state index >= 15 is 0 Å². The first-order chi connectivity index (χ1) is 11.1. The second kappa shape index (κ2) is 8.45. The maximum absolute atomic E-state index is 12.6. The number of carbonyl (C=O) groups is 2. The third-order valence-electron chi connectivity index (χ3n) is 4.52. The van der Waals surface area contributed by atoms with Crippen molar-refractivity contribution in [3.8, 4) is 0 Å². The van der Waals surface area contributed by atoms with Crippen LogP contribution in [0, 0.1) is 0 Å². The van der Waals surface area contributed by atoms with Gasteiger partial charge in [-0.15, -0.1) is 11.3 Å². The van der Waals surface area contributed by atoms with Gasteiger partial charge in [0, 0.05) is 26.2 Å². The molecule has 1 fully saturated rings. The number of likely N-dealkylation sites (N-methyl/N-ethyl adjacent to an activating group) is 3. The van der Waals surface area contributed by atoms with Crippen LogP contribution in [-0.4, -0.2) is 72.3 Å². The molecule has 1 aromatic rings. The molecule has 0 saturated carbocycles. The zero-order valence-corrected chi connectivity index (χ0v) is 15.1. The van der Waals surface area contributed by atoms with E-state index in [4.69, 9.17) is 0 Å². The van der Waals surface area contributed by atoms with Gasteiger partial charge in [-0.3, -0.25) is 14.5 Å². The highest BCUT2D eigenvalue weighted by Gasteiger charge is 2.27. The Morgan fingerprint density at radius 1 is 1.39 bits per heavy atom. The first-order valence-corrected chi connectivity index (χ1v) is 9.25. The Labute approximate surface area is 142 Å². The van der Waals surface area contributed by atoms with E-state index < -0.39 is 0 Å². The Balaban J connectivity index is 1.90. The molecule has 0 unspecified atom stereocenters. The van der Waals surface area contributed by atoms with Crippen molar-refractivity contribution < 1.29 is 9.59 Å². The molecular weight excluding hydrogens is 310 g/mol. The lowest BCUT2D eigenvalue weighted by Gasteiger charge is -2.30. The van der Waals surface area contributed by atoms with Crippen molar-refractivity contribution in [2.75, 3.05) is 39.8 Å². The fourth-order valence-electron chi connectivity index (χ4n) is 3.14. The molecule has 2 heterocycles. The predicted molar refractivity (Wildman–Crippen MR) is 93.8 cm³/mol. The molecule has 0 spiro atoms. The quantitative estimate of drug-likeness (QED) is 0.766. The zero-order valence-electron chi connectivity index (χ0n) is 14.3. The molecule has 1 aromatic heterocycles. The topological polar surface area (TPSA) is 43.9 Å². The molecule has 6 heteroatoms. The van der Waals surface area contributed by atoms with Gasteiger partial charge in [-0.2, -0.15) is 0 Å². The maximum atomic E-state index is 12.6. The van der Waals surface area contributed by atoms with Crippen LogP contribution in [-0.2, 0) is 4.79 Å². The largest absolute Gasteiger partial charge is 0.340 e. The number of likely N-dealkylation sites (tertiary alicyclic amines) is 1. The van der Waals surface area contributed by atoms with Crippen LogP contribution in [0.25, 0.3) is 0 Å². The highest BCUT2D eigenvalue weighted by Crippen LogP contribution is 2.18. The van der Waals surface area contributed by atoms with E-state index in [1.807, 2.05) is 23.3 Å². The highest BCUT2D eigenvalue weighted by atomic mass is 32.1. The average Bonchev–Trinajstić information content (AvgIpc) is 3.22. The summed E-state index contributed by atoms with van der Waals surface area (Å²) in [4.78, 5) is 31.3. The Kier molecular flexibility index (Phi) is 6.59. The molecular formula is C17H27N3O2S. The molecule has 2 rings (SSSR count). The van der Waals surface area contributed by atoms with E-state index in [1.165, 1.54) is 22.7 Å². The van der Waals surface area contributed by atoms with Crippen molar-refractivity contribution in [1.29, 1.82) is 0 Å². The number of carbonyl (C=O) groups excluding carboxylic acids is 2. The summed E-state index contributed by atoms with van der Waals surface area (Å²) in [6.45, 7) is 7.94. The molecule has 1 saturated heterocycles. The minimum absolute atomic E-state index is 0.0304. The molecule has 5 nitrogen and oxygen atoms in total. The SMILES string of the molecule is CCN(C[C@@H]1CCCN1CC)C(=O)CN(C)C(=O)c1cccs1. The molecule has 23 heavy (non-hydrogen) atoms. The van der Waals surface area contributed by atoms with Crippen LogP contribution in [0.1, 0.15) is 36.4 Å². The van der Waals surface area contributed by atoms with Crippen LogP contribution < -0.4 is 0 Å². The second-order valence-corrected chi connectivity index (χ2v) is 6.94. The van der Waals surface area contributed by atoms with Gasteiger partial charge in [0.05, 0.1) is 11.4 Å². The van der Waals surface area contributed by atoms with Crippen molar-refractivity contribution in [3.63, 3.8) is 0 Å². The predicted octanol–water partition coefficient (Wildman–Crippen LogP) is 2.15. The van der Waals surface area contributed by atoms with E-state index in [0.717, 1.165) is 26.1 Å². The summed E-state index contributed by atoms with van der Waals surface area (Å²) in [6, 6.07) is 4.11. The molecule has 1 aliphatic rings. The minimum atomic E-state index is -0.0829. The molecule has 0 aliphatic carbocycles. The molecule has 0 bridgehead atoms. The standard InChI is InChI=1S/C17H27N3O2S/c1-4-19-10-6-8-14(19)12-20(5-2)16(21)13-18(3)17(22)15-9-7-11-23-15/h7,9,11,14H,4-6,8,10,12-13H2,1-3H3/t14-/m0/s1. The monoisotopic (exact) mass is 337 g/mol. The smallest absolute Gasteiger partial charge is 0.264 e. The third-order valence-corrected chi connectivity index (χ3v) is 5.38. The van der Waals surface area contributed by atoms with E-state index in [9.17, 15) is 9.59 Å². The lowest BCUT2D eigenvalue weighted by Crippen LogP contribution is -2.46.